The summed E-state index contributed by atoms with van der Waals surface area (Å²) in [5, 5.41) is 10.5. The molecule has 0 aliphatic carbocycles. The van der Waals surface area contributed by atoms with Crippen LogP contribution in [0.1, 0.15) is 10.4 Å². The zero-order valence-electron chi connectivity index (χ0n) is 8.53. The van der Waals surface area contributed by atoms with Crippen LogP contribution in [0.3, 0.4) is 0 Å². The standard InChI is InChI=1S/C10H8N2O5/c11-10(14)9-8(17-9)7(13)5-2-1-3-6(4-5)12(15)16/h1-4,8-9H,(H2,11,14)/t8-,9+/m1/s1. The molecule has 0 bridgehead atoms. The molecule has 1 heterocycles. The van der Waals surface area contributed by atoms with Gasteiger partial charge in [-0.1, -0.05) is 12.1 Å². The number of epoxide rings is 1. The molecule has 1 aromatic rings. The van der Waals surface area contributed by atoms with Crippen molar-refractivity contribution >= 4 is 17.4 Å². The fourth-order valence-electron chi connectivity index (χ4n) is 1.47. The molecule has 0 aromatic heterocycles. The number of nitrogens with zero attached hydrogens (tertiary/aromatic N) is 1. The van der Waals surface area contributed by atoms with Crippen LogP contribution < -0.4 is 5.73 Å². The molecule has 1 amide bonds. The summed E-state index contributed by atoms with van der Waals surface area (Å²) in [6.45, 7) is 0. The van der Waals surface area contributed by atoms with Gasteiger partial charge in [0.1, 0.15) is 0 Å². The molecule has 88 valence electrons. The number of ketones is 1. The lowest BCUT2D eigenvalue weighted by Gasteiger charge is -1.97. The molecular weight excluding hydrogens is 228 g/mol. The highest BCUT2D eigenvalue weighted by atomic mass is 16.6. The van der Waals surface area contributed by atoms with E-state index in [1.807, 2.05) is 0 Å². The van der Waals surface area contributed by atoms with Gasteiger partial charge in [0, 0.05) is 17.7 Å². The van der Waals surface area contributed by atoms with E-state index in [9.17, 15) is 19.7 Å². The maximum Gasteiger partial charge on any atom is 0.270 e. The number of nitrogens with two attached hydrogens (primary N) is 1. The Morgan fingerprint density at radius 2 is 2.06 bits per heavy atom. The van der Waals surface area contributed by atoms with Gasteiger partial charge in [0.05, 0.1) is 4.92 Å². The summed E-state index contributed by atoms with van der Waals surface area (Å²) in [4.78, 5) is 32.4. The molecule has 1 aliphatic rings. The van der Waals surface area contributed by atoms with Crippen molar-refractivity contribution in [1.29, 1.82) is 0 Å². The second-order valence-electron chi connectivity index (χ2n) is 3.55. The predicted octanol–water partition coefficient (Wildman–Crippen LogP) is 0.0302. The van der Waals surface area contributed by atoms with E-state index in [1.54, 1.807) is 0 Å². The molecule has 2 rings (SSSR count). The van der Waals surface area contributed by atoms with Crippen LogP contribution in [0.2, 0.25) is 0 Å². The number of non-ortho nitro benzene ring substituents is 1. The molecular formula is C10H8N2O5. The fraction of sp³-hybridized carbons (Fsp3) is 0.200. The molecule has 7 heteroatoms. The maximum absolute atomic E-state index is 11.7. The summed E-state index contributed by atoms with van der Waals surface area (Å²) in [6.07, 6.45) is -1.82. The molecule has 0 saturated carbocycles. The van der Waals surface area contributed by atoms with Crippen molar-refractivity contribution in [3.63, 3.8) is 0 Å². The number of hydrogen-bond acceptors (Lipinski definition) is 5. The molecule has 1 aliphatic heterocycles. The quantitative estimate of drug-likeness (QED) is 0.342. The minimum atomic E-state index is -0.915. The summed E-state index contributed by atoms with van der Waals surface area (Å²) >= 11 is 0. The Kier molecular flexibility index (Phi) is 2.60. The molecule has 17 heavy (non-hydrogen) atoms. The van der Waals surface area contributed by atoms with Gasteiger partial charge in [0.15, 0.2) is 18.0 Å². The van der Waals surface area contributed by atoms with Crippen molar-refractivity contribution in [3.05, 3.63) is 39.9 Å². The van der Waals surface area contributed by atoms with Gasteiger partial charge in [-0.2, -0.15) is 0 Å². The first-order valence-corrected chi connectivity index (χ1v) is 4.74. The first-order chi connectivity index (χ1) is 8.00. The first-order valence-electron chi connectivity index (χ1n) is 4.74. The van der Waals surface area contributed by atoms with Crippen LogP contribution in [-0.2, 0) is 9.53 Å². The van der Waals surface area contributed by atoms with Gasteiger partial charge in [0.25, 0.3) is 5.69 Å². The van der Waals surface area contributed by atoms with Gasteiger partial charge in [-0.15, -0.1) is 0 Å². The average molecular weight is 236 g/mol. The van der Waals surface area contributed by atoms with Gasteiger partial charge in [-0.3, -0.25) is 19.7 Å². The molecule has 1 fully saturated rings. The van der Waals surface area contributed by atoms with Gasteiger partial charge in [0.2, 0.25) is 5.91 Å². The number of rotatable bonds is 4. The topological polar surface area (TPSA) is 116 Å². The van der Waals surface area contributed by atoms with E-state index in [1.165, 1.54) is 18.2 Å². The Morgan fingerprint density at radius 3 is 2.59 bits per heavy atom. The van der Waals surface area contributed by atoms with E-state index < -0.39 is 28.8 Å². The Morgan fingerprint density at radius 1 is 1.35 bits per heavy atom. The second-order valence-corrected chi connectivity index (χ2v) is 3.55. The van der Waals surface area contributed by atoms with Crippen LogP contribution in [0.15, 0.2) is 24.3 Å². The Balaban J connectivity index is 2.18. The van der Waals surface area contributed by atoms with E-state index in [4.69, 9.17) is 10.5 Å². The summed E-state index contributed by atoms with van der Waals surface area (Å²) < 4.78 is 4.80. The van der Waals surface area contributed by atoms with E-state index in [0.717, 1.165) is 6.07 Å². The van der Waals surface area contributed by atoms with E-state index in [-0.39, 0.29) is 11.3 Å². The van der Waals surface area contributed by atoms with Crippen molar-refractivity contribution < 1.29 is 19.2 Å². The SMILES string of the molecule is NC(=O)[C@H]1O[C@@H]1C(=O)c1cccc([N+](=O)[O-])c1. The predicted molar refractivity (Wildman–Crippen MR) is 55.3 cm³/mol. The summed E-state index contributed by atoms with van der Waals surface area (Å²) in [7, 11) is 0. The lowest BCUT2D eigenvalue weighted by molar-refractivity contribution is -0.384. The highest BCUT2D eigenvalue weighted by molar-refractivity contribution is 6.05. The zero-order valence-corrected chi connectivity index (χ0v) is 8.53. The third kappa shape index (κ3) is 2.13. The highest BCUT2D eigenvalue weighted by Gasteiger charge is 2.49. The van der Waals surface area contributed by atoms with Crippen LogP contribution in [-0.4, -0.2) is 28.8 Å². The monoisotopic (exact) mass is 236 g/mol. The molecule has 7 nitrogen and oxygen atoms in total. The number of nitro benzene ring substituents is 1. The van der Waals surface area contributed by atoms with E-state index >= 15 is 0 Å². The van der Waals surface area contributed by atoms with Crippen molar-refractivity contribution in [1.82, 2.24) is 0 Å². The summed E-state index contributed by atoms with van der Waals surface area (Å²) in [5.41, 5.74) is 4.90. The van der Waals surface area contributed by atoms with Crippen LogP contribution >= 0.6 is 0 Å². The van der Waals surface area contributed by atoms with Crippen LogP contribution in [0, 0.1) is 10.1 Å². The van der Waals surface area contributed by atoms with Crippen molar-refractivity contribution in [2.75, 3.05) is 0 Å². The van der Waals surface area contributed by atoms with Gasteiger partial charge >= 0.3 is 0 Å². The van der Waals surface area contributed by atoms with Crippen molar-refractivity contribution in [2.24, 2.45) is 5.73 Å². The number of hydrogen-bond donors (Lipinski definition) is 1. The zero-order chi connectivity index (χ0) is 12.6. The first kappa shape index (κ1) is 11.2. The largest absolute Gasteiger partial charge is 0.367 e. The number of nitro groups is 1. The summed E-state index contributed by atoms with van der Waals surface area (Å²) in [5.74, 6) is -1.19. The number of Topliss-reactive ketones (excluding diaryl/α,β-unsaturated/α-hetero) is 1. The van der Waals surface area contributed by atoms with Gasteiger partial charge < -0.3 is 10.5 Å². The number of carbonyl (C=O) groups excluding carboxylic acids is 2. The lowest BCUT2D eigenvalue weighted by atomic mass is 10.1. The number of primary amides is 1. The number of benzene rings is 1. The van der Waals surface area contributed by atoms with Crippen LogP contribution in [0.25, 0.3) is 0 Å². The van der Waals surface area contributed by atoms with Crippen molar-refractivity contribution in [3.8, 4) is 0 Å². The summed E-state index contributed by atoms with van der Waals surface area (Å²) in [6, 6.07) is 5.24. The minimum Gasteiger partial charge on any atom is -0.367 e. The van der Waals surface area contributed by atoms with Crippen LogP contribution in [0.4, 0.5) is 5.69 Å². The molecule has 0 unspecified atom stereocenters. The van der Waals surface area contributed by atoms with Crippen molar-refractivity contribution in [2.45, 2.75) is 12.2 Å². The molecule has 0 spiro atoms. The minimum absolute atomic E-state index is 0.132. The van der Waals surface area contributed by atoms with Crippen LogP contribution in [0.5, 0.6) is 0 Å². The highest BCUT2D eigenvalue weighted by Crippen LogP contribution is 2.26. The molecule has 0 radical (unpaired) electrons. The third-order valence-corrected chi connectivity index (χ3v) is 2.37. The van der Waals surface area contributed by atoms with Gasteiger partial charge in [-0.25, -0.2) is 0 Å². The van der Waals surface area contributed by atoms with E-state index in [2.05, 4.69) is 0 Å². The van der Waals surface area contributed by atoms with E-state index in [0.29, 0.717) is 0 Å². The number of amides is 1. The number of ether oxygens (including phenoxy) is 1. The third-order valence-electron chi connectivity index (χ3n) is 2.37. The second kappa shape index (κ2) is 3.95. The molecule has 2 N–H and O–H groups in total. The lowest BCUT2D eigenvalue weighted by Crippen LogP contribution is -2.23. The average Bonchev–Trinajstić information content (AvgIpc) is 3.08. The maximum atomic E-state index is 11.7. The Hall–Kier alpha value is -2.28. The molecule has 2 atom stereocenters. The van der Waals surface area contributed by atoms with Gasteiger partial charge in [-0.05, 0) is 0 Å². The fourth-order valence-corrected chi connectivity index (χ4v) is 1.47. The Labute approximate surface area is 95.3 Å². The smallest absolute Gasteiger partial charge is 0.270 e. The Bertz CT molecular complexity index is 513. The molecule has 1 saturated heterocycles. The molecule has 1 aromatic carbocycles. The number of carbonyl (C=O) groups is 2. The normalized spacial score (nSPS) is 21.9.